The summed E-state index contributed by atoms with van der Waals surface area (Å²) in [5, 5.41) is 18.4. The van der Waals surface area contributed by atoms with E-state index in [0.717, 1.165) is 23.1 Å². The number of aromatic nitrogens is 4. The molecule has 124 valence electrons. The zero-order valence-electron chi connectivity index (χ0n) is 13.0. The molecule has 7 nitrogen and oxygen atoms in total. The first kappa shape index (κ1) is 16.5. The number of anilines is 1. The molecule has 2 aromatic heterocycles. The van der Waals surface area contributed by atoms with Crippen LogP contribution >= 0.6 is 23.4 Å². The number of nitrogens with one attached hydrogen (secondary N) is 2. The zero-order chi connectivity index (χ0) is 17.1. The third-order valence-corrected chi connectivity index (χ3v) is 4.38. The minimum atomic E-state index is -0.176. The first-order valence-corrected chi connectivity index (χ1v) is 8.43. The fourth-order valence-corrected chi connectivity index (χ4v) is 2.83. The van der Waals surface area contributed by atoms with Gasteiger partial charge in [0.1, 0.15) is 0 Å². The van der Waals surface area contributed by atoms with E-state index in [9.17, 15) is 4.79 Å². The van der Waals surface area contributed by atoms with Gasteiger partial charge < -0.3 is 9.73 Å². The highest BCUT2D eigenvalue weighted by Crippen LogP contribution is 2.28. The number of aryl methyl sites for hydroxylation is 2. The van der Waals surface area contributed by atoms with Crippen molar-refractivity contribution in [2.45, 2.75) is 19.1 Å². The van der Waals surface area contributed by atoms with E-state index < -0.39 is 0 Å². The Hall–Kier alpha value is -2.32. The van der Waals surface area contributed by atoms with Crippen molar-refractivity contribution in [3.8, 4) is 11.5 Å². The van der Waals surface area contributed by atoms with Crippen LogP contribution in [0.4, 0.5) is 5.69 Å². The van der Waals surface area contributed by atoms with Crippen molar-refractivity contribution in [3.05, 3.63) is 40.7 Å². The minimum absolute atomic E-state index is 0.147. The average molecular weight is 364 g/mol. The molecule has 2 heterocycles. The van der Waals surface area contributed by atoms with Gasteiger partial charge in [-0.25, -0.2) is 0 Å². The van der Waals surface area contributed by atoms with Crippen LogP contribution in [0.1, 0.15) is 11.4 Å². The molecule has 3 rings (SSSR count). The van der Waals surface area contributed by atoms with Crippen LogP contribution in [0.3, 0.4) is 0 Å². The van der Waals surface area contributed by atoms with Crippen LogP contribution in [0.15, 0.2) is 33.9 Å². The molecular formula is C15H14ClN5O2S. The number of rotatable bonds is 5. The molecule has 0 aliphatic heterocycles. The fourth-order valence-electron chi connectivity index (χ4n) is 2.05. The summed E-state index contributed by atoms with van der Waals surface area (Å²) in [6, 6.07) is 7.20. The van der Waals surface area contributed by atoms with Gasteiger partial charge in [0.05, 0.1) is 33.4 Å². The van der Waals surface area contributed by atoms with Crippen molar-refractivity contribution in [3.63, 3.8) is 0 Å². The largest absolute Gasteiger partial charge is 0.411 e. The fraction of sp³-hybridized carbons (Fsp3) is 0.200. The van der Waals surface area contributed by atoms with E-state index in [1.54, 1.807) is 12.1 Å². The first-order chi connectivity index (χ1) is 11.5. The second kappa shape index (κ2) is 7.06. The summed E-state index contributed by atoms with van der Waals surface area (Å²) in [6.45, 7) is 3.66. The van der Waals surface area contributed by atoms with Crippen LogP contribution in [-0.2, 0) is 4.79 Å². The van der Waals surface area contributed by atoms with E-state index in [1.807, 2.05) is 26.0 Å². The molecular weight excluding hydrogens is 350 g/mol. The number of aromatic amines is 1. The lowest BCUT2D eigenvalue weighted by Crippen LogP contribution is -2.15. The van der Waals surface area contributed by atoms with Crippen molar-refractivity contribution in [2.75, 3.05) is 11.1 Å². The predicted molar refractivity (Wildman–Crippen MR) is 92.2 cm³/mol. The Morgan fingerprint density at radius 3 is 2.83 bits per heavy atom. The molecule has 1 aromatic carbocycles. The van der Waals surface area contributed by atoms with E-state index in [0.29, 0.717) is 27.4 Å². The lowest BCUT2D eigenvalue weighted by atomic mass is 10.2. The van der Waals surface area contributed by atoms with Gasteiger partial charge in [0.15, 0.2) is 0 Å². The van der Waals surface area contributed by atoms with Gasteiger partial charge in [0.25, 0.3) is 5.22 Å². The van der Waals surface area contributed by atoms with Crippen molar-refractivity contribution >= 4 is 35.0 Å². The summed E-state index contributed by atoms with van der Waals surface area (Å²) in [7, 11) is 0. The van der Waals surface area contributed by atoms with E-state index in [2.05, 4.69) is 25.7 Å². The van der Waals surface area contributed by atoms with Crippen LogP contribution in [0, 0.1) is 13.8 Å². The molecule has 0 spiro atoms. The van der Waals surface area contributed by atoms with Crippen molar-refractivity contribution in [1.29, 1.82) is 0 Å². The molecule has 1 amide bonds. The Labute approximate surface area is 147 Å². The van der Waals surface area contributed by atoms with Crippen molar-refractivity contribution in [2.24, 2.45) is 0 Å². The smallest absolute Gasteiger partial charge is 0.277 e. The van der Waals surface area contributed by atoms with Crippen molar-refractivity contribution < 1.29 is 9.21 Å². The molecule has 2 N–H and O–H groups in total. The van der Waals surface area contributed by atoms with Gasteiger partial charge in [-0.3, -0.25) is 9.89 Å². The Balaban J connectivity index is 1.62. The van der Waals surface area contributed by atoms with E-state index in [1.165, 1.54) is 0 Å². The Morgan fingerprint density at radius 2 is 2.12 bits per heavy atom. The van der Waals surface area contributed by atoms with E-state index in [-0.39, 0.29) is 11.7 Å². The second-order valence-corrected chi connectivity index (χ2v) is 6.33. The Morgan fingerprint density at radius 1 is 1.33 bits per heavy atom. The number of nitrogens with zero attached hydrogens (tertiary/aromatic N) is 3. The molecule has 0 atom stereocenters. The second-order valence-electron chi connectivity index (χ2n) is 5.00. The highest BCUT2D eigenvalue weighted by atomic mass is 35.5. The number of amides is 1. The third kappa shape index (κ3) is 3.60. The normalized spacial score (nSPS) is 10.8. The third-order valence-electron chi connectivity index (χ3n) is 3.23. The van der Waals surface area contributed by atoms with Gasteiger partial charge >= 0.3 is 0 Å². The maximum atomic E-state index is 12.0. The summed E-state index contributed by atoms with van der Waals surface area (Å²) < 4.78 is 5.54. The molecule has 0 saturated carbocycles. The first-order valence-electron chi connectivity index (χ1n) is 7.07. The summed E-state index contributed by atoms with van der Waals surface area (Å²) >= 11 is 7.25. The number of carbonyl (C=O) groups excluding carboxylic acids is 1. The van der Waals surface area contributed by atoms with Crippen LogP contribution in [0.25, 0.3) is 11.5 Å². The number of hydrogen-bond acceptors (Lipinski definition) is 6. The van der Waals surface area contributed by atoms with E-state index in [4.69, 9.17) is 16.0 Å². The van der Waals surface area contributed by atoms with Gasteiger partial charge in [0.2, 0.25) is 11.8 Å². The number of halogens is 1. The predicted octanol–water partition coefficient (Wildman–Crippen LogP) is 3.46. The van der Waals surface area contributed by atoms with Gasteiger partial charge in [-0.2, -0.15) is 5.10 Å². The van der Waals surface area contributed by atoms with Crippen LogP contribution < -0.4 is 5.32 Å². The highest BCUT2D eigenvalue weighted by Gasteiger charge is 2.15. The lowest BCUT2D eigenvalue weighted by molar-refractivity contribution is -0.113. The average Bonchev–Trinajstić information content (AvgIpc) is 3.15. The van der Waals surface area contributed by atoms with Crippen LogP contribution in [-0.4, -0.2) is 32.1 Å². The summed E-state index contributed by atoms with van der Waals surface area (Å²) in [5.41, 5.74) is 2.91. The quantitative estimate of drug-likeness (QED) is 0.674. The number of hydrogen-bond donors (Lipinski definition) is 2. The zero-order valence-corrected chi connectivity index (χ0v) is 14.5. The van der Waals surface area contributed by atoms with E-state index >= 15 is 0 Å². The summed E-state index contributed by atoms with van der Waals surface area (Å²) in [4.78, 5) is 12.0. The molecule has 0 aliphatic carbocycles. The number of carbonyl (C=O) groups is 1. The van der Waals surface area contributed by atoms with Gasteiger partial charge in [-0.15, -0.1) is 10.2 Å². The summed E-state index contributed by atoms with van der Waals surface area (Å²) in [6.07, 6.45) is 0. The Kier molecular flexibility index (Phi) is 4.86. The molecule has 0 aliphatic rings. The lowest BCUT2D eigenvalue weighted by Gasteiger charge is -2.03. The molecule has 0 saturated heterocycles. The number of benzene rings is 1. The van der Waals surface area contributed by atoms with Crippen molar-refractivity contribution in [1.82, 2.24) is 20.4 Å². The maximum absolute atomic E-state index is 12.0. The molecule has 0 radical (unpaired) electrons. The molecule has 3 aromatic rings. The minimum Gasteiger partial charge on any atom is -0.411 e. The SMILES string of the molecule is Cc1n[nH]c(C)c1NC(=O)CSc1nnc(-c2ccccc2Cl)o1. The highest BCUT2D eigenvalue weighted by molar-refractivity contribution is 7.99. The van der Waals surface area contributed by atoms with Crippen LogP contribution in [0.2, 0.25) is 5.02 Å². The Bertz CT molecular complexity index is 857. The topological polar surface area (TPSA) is 96.7 Å². The van der Waals surface area contributed by atoms with Gasteiger partial charge in [0, 0.05) is 0 Å². The van der Waals surface area contributed by atoms with Gasteiger partial charge in [-0.1, -0.05) is 35.5 Å². The standard InChI is InChI=1S/C15H14ClN5O2S/c1-8-13(9(2)19-18-8)17-12(22)7-24-15-21-20-14(23-15)10-5-3-4-6-11(10)16/h3-6H,7H2,1-2H3,(H,17,22)(H,18,19). The molecule has 24 heavy (non-hydrogen) atoms. The number of H-pyrrole nitrogens is 1. The molecule has 9 heteroatoms. The molecule has 0 unspecified atom stereocenters. The van der Waals surface area contributed by atoms with Gasteiger partial charge in [-0.05, 0) is 26.0 Å². The van der Waals surface area contributed by atoms with Crippen LogP contribution in [0.5, 0.6) is 0 Å². The maximum Gasteiger partial charge on any atom is 0.277 e. The summed E-state index contributed by atoms with van der Waals surface area (Å²) in [5.74, 6) is 0.295. The molecule has 0 fully saturated rings. The molecule has 0 bridgehead atoms. The monoisotopic (exact) mass is 363 g/mol. The number of thioether (sulfide) groups is 1.